The van der Waals surface area contributed by atoms with E-state index in [0.29, 0.717) is 5.75 Å². The van der Waals surface area contributed by atoms with E-state index in [9.17, 15) is 4.79 Å². The highest BCUT2D eigenvalue weighted by molar-refractivity contribution is 8.14. The van der Waals surface area contributed by atoms with Gasteiger partial charge in [-0.05, 0) is 22.3 Å². The number of ether oxygens (including phenoxy) is 1. The minimum absolute atomic E-state index is 0.102. The second-order valence-electron chi connectivity index (χ2n) is 8.24. The van der Waals surface area contributed by atoms with Crippen LogP contribution < -0.4 is 10.4 Å². The predicted octanol–water partition coefficient (Wildman–Crippen LogP) is 3.64. The second kappa shape index (κ2) is 8.86. The Morgan fingerprint density at radius 2 is 1.59 bits per heavy atom. The van der Waals surface area contributed by atoms with Crippen molar-refractivity contribution in [3.05, 3.63) is 60.7 Å². The van der Waals surface area contributed by atoms with Crippen LogP contribution in [0.25, 0.3) is 0 Å². The quantitative estimate of drug-likeness (QED) is 0.522. The zero-order chi connectivity index (χ0) is 21.1. The van der Waals surface area contributed by atoms with Gasteiger partial charge < -0.3 is 9.16 Å². The summed E-state index contributed by atoms with van der Waals surface area (Å²) in [5.74, 6) is 0.321. The molecule has 6 heteroatoms. The molecular formula is C23H29NO3SSi. The largest absolute Gasteiger partial charge is 0.467 e. The molecule has 1 aliphatic rings. The molecule has 0 spiro atoms. The number of esters is 1. The molecule has 0 N–H and O–H groups in total. The zero-order valence-corrected chi connectivity index (χ0v) is 19.5. The molecule has 1 aliphatic heterocycles. The van der Waals surface area contributed by atoms with E-state index in [1.807, 2.05) is 19.1 Å². The molecule has 0 aromatic heterocycles. The number of nitrogens with zero attached hydrogens (tertiary/aromatic N) is 1. The van der Waals surface area contributed by atoms with Gasteiger partial charge in [-0.3, -0.25) is 4.99 Å². The van der Waals surface area contributed by atoms with Crippen LogP contribution in [0.15, 0.2) is 65.7 Å². The summed E-state index contributed by atoms with van der Waals surface area (Å²) in [6, 6.07) is 20.7. The molecule has 0 saturated heterocycles. The number of hydrogen-bond acceptors (Lipinski definition) is 5. The fourth-order valence-electron chi connectivity index (χ4n) is 3.88. The third kappa shape index (κ3) is 4.34. The molecule has 2 atom stereocenters. The van der Waals surface area contributed by atoms with Crippen LogP contribution in [0.3, 0.4) is 0 Å². The zero-order valence-electron chi connectivity index (χ0n) is 17.7. The first kappa shape index (κ1) is 21.8. The first-order chi connectivity index (χ1) is 13.8. The summed E-state index contributed by atoms with van der Waals surface area (Å²) in [5, 5.41) is 3.24. The van der Waals surface area contributed by atoms with Crippen molar-refractivity contribution in [3.63, 3.8) is 0 Å². The fraction of sp³-hybridized carbons (Fsp3) is 0.391. The van der Waals surface area contributed by atoms with Crippen molar-refractivity contribution >= 4 is 41.5 Å². The summed E-state index contributed by atoms with van der Waals surface area (Å²) >= 11 is 1.59. The molecule has 2 aromatic rings. The molecule has 0 unspecified atom stereocenters. The normalized spacial score (nSPS) is 18.2. The molecule has 0 bridgehead atoms. The van der Waals surface area contributed by atoms with Gasteiger partial charge in [0.2, 0.25) is 0 Å². The van der Waals surface area contributed by atoms with Crippen LogP contribution in [-0.4, -0.2) is 44.3 Å². The van der Waals surface area contributed by atoms with Crippen molar-refractivity contribution in [2.24, 2.45) is 4.99 Å². The van der Waals surface area contributed by atoms with Gasteiger partial charge in [-0.2, -0.15) is 0 Å². The third-order valence-electron chi connectivity index (χ3n) is 5.26. The minimum atomic E-state index is -2.65. The van der Waals surface area contributed by atoms with E-state index in [2.05, 4.69) is 74.3 Å². The molecule has 0 amide bonds. The average Bonchev–Trinajstić information content (AvgIpc) is 3.22. The lowest BCUT2D eigenvalue weighted by Crippen LogP contribution is -2.67. The lowest BCUT2D eigenvalue weighted by molar-refractivity contribution is -0.141. The number of thioether (sulfide) groups is 1. The van der Waals surface area contributed by atoms with Crippen LogP contribution in [0.4, 0.5) is 0 Å². The Bertz CT molecular complexity index is 825. The summed E-state index contributed by atoms with van der Waals surface area (Å²) in [7, 11) is -1.24. The number of benzene rings is 2. The van der Waals surface area contributed by atoms with Crippen molar-refractivity contribution in [1.82, 2.24) is 0 Å². The van der Waals surface area contributed by atoms with Gasteiger partial charge in [-0.1, -0.05) is 81.4 Å². The van der Waals surface area contributed by atoms with Gasteiger partial charge in [0.25, 0.3) is 8.32 Å². The van der Waals surface area contributed by atoms with Crippen LogP contribution in [-0.2, 0) is 14.0 Å². The summed E-state index contributed by atoms with van der Waals surface area (Å²) in [4.78, 5) is 16.5. The van der Waals surface area contributed by atoms with E-state index in [0.717, 1.165) is 5.04 Å². The summed E-state index contributed by atoms with van der Waals surface area (Å²) in [6.45, 7) is 8.82. The second-order valence-corrected chi connectivity index (χ2v) is 13.5. The lowest BCUT2D eigenvalue weighted by Gasteiger charge is -2.44. The average molecular weight is 428 g/mol. The van der Waals surface area contributed by atoms with Gasteiger partial charge in [0.05, 0.1) is 18.3 Å². The molecule has 0 aliphatic carbocycles. The van der Waals surface area contributed by atoms with E-state index < -0.39 is 14.4 Å². The van der Waals surface area contributed by atoms with Gasteiger partial charge in [0.1, 0.15) is 0 Å². The van der Waals surface area contributed by atoms with E-state index >= 15 is 0 Å². The van der Waals surface area contributed by atoms with E-state index in [-0.39, 0.29) is 17.1 Å². The topological polar surface area (TPSA) is 47.9 Å². The third-order valence-corrected chi connectivity index (χ3v) is 11.6. The van der Waals surface area contributed by atoms with Gasteiger partial charge in [-0.25, -0.2) is 4.79 Å². The van der Waals surface area contributed by atoms with Gasteiger partial charge in [0.15, 0.2) is 6.04 Å². The number of rotatable bonds is 6. The molecular weight excluding hydrogens is 398 g/mol. The molecule has 154 valence electrons. The molecule has 29 heavy (non-hydrogen) atoms. The number of aliphatic imine (C=N–C) groups is 1. The van der Waals surface area contributed by atoms with Crippen molar-refractivity contribution in [3.8, 4) is 0 Å². The van der Waals surface area contributed by atoms with Crippen LogP contribution in [0, 0.1) is 0 Å². The first-order valence-corrected chi connectivity index (χ1v) is 12.8. The van der Waals surface area contributed by atoms with E-state index in [1.165, 1.54) is 17.5 Å². The molecule has 0 radical (unpaired) electrons. The Morgan fingerprint density at radius 3 is 2.03 bits per heavy atom. The number of carbonyl (C=O) groups excluding carboxylic acids is 1. The van der Waals surface area contributed by atoms with Crippen molar-refractivity contribution < 1.29 is 14.0 Å². The Morgan fingerprint density at radius 1 is 1.07 bits per heavy atom. The highest BCUT2D eigenvalue weighted by Gasteiger charge is 2.51. The molecule has 1 heterocycles. The molecule has 3 rings (SSSR count). The fourth-order valence-corrected chi connectivity index (χ4v) is 9.64. The predicted molar refractivity (Wildman–Crippen MR) is 124 cm³/mol. The molecule has 4 nitrogen and oxygen atoms in total. The number of methoxy groups -OCH3 is 1. The van der Waals surface area contributed by atoms with E-state index in [1.54, 1.807) is 11.8 Å². The SMILES string of the molecule is COC(=O)[C@@H]1CSC([C@H](C)O[Si](c2ccccc2)(c2ccccc2)C(C)(C)C)=N1. The van der Waals surface area contributed by atoms with Crippen LogP contribution in [0.1, 0.15) is 27.7 Å². The maximum absolute atomic E-state index is 11.9. The van der Waals surface area contributed by atoms with Crippen molar-refractivity contribution in [2.45, 2.75) is 44.9 Å². The molecule has 0 saturated carbocycles. The summed E-state index contributed by atoms with van der Waals surface area (Å²) in [6.07, 6.45) is -0.207. The maximum Gasteiger partial charge on any atom is 0.331 e. The van der Waals surface area contributed by atoms with E-state index in [4.69, 9.17) is 9.16 Å². The van der Waals surface area contributed by atoms with Gasteiger partial charge in [-0.15, -0.1) is 11.8 Å². The number of hydrogen-bond donors (Lipinski definition) is 0. The Hall–Kier alpha value is -1.89. The van der Waals surface area contributed by atoms with Crippen molar-refractivity contribution in [2.75, 3.05) is 12.9 Å². The highest BCUT2D eigenvalue weighted by Crippen LogP contribution is 2.38. The lowest BCUT2D eigenvalue weighted by atomic mass is 10.2. The van der Waals surface area contributed by atoms with Crippen LogP contribution in [0.2, 0.25) is 5.04 Å². The van der Waals surface area contributed by atoms with Crippen molar-refractivity contribution in [1.29, 1.82) is 0 Å². The summed E-state index contributed by atoms with van der Waals surface area (Å²) in [5.41, 5.74) is 0. The number of carbonyl (C=O) groups is 1. The first-order valence-electron chi connectivity index (χ1n) is 9.87. The highest BCUT2D eigenvalue weighted by atomic mass is 32.2. The van der Waals surface area contributed by atoms with Gasteiger partial charge in [0, 0.05) is 5.75 Å². The Labute approximate surface area is 178 Å². The van der Waals surface area contributed by atoms with Crippen LogP contribution in [0.5, 0.6) is 0 Å². The minimum Gasteiger partial charge on any atom is -0.467 e. The molecule has 0 fully saturated rings. The Balaban J connectivity index is 2.06. The van der Waals surface area contributed by atoms with Gasteiger partial charge >= 0.3 is 5.97 Å². The Kier molecular flexibility index (Phi) is 6.66. The monoisotopic (exact) mass is 427 g/mol. The smallest absolute Gasteiger partial charge is 0.331 e. The van der Waals surface area contributed by atoms with Crippen LogP contribution >= 0.6 is 11.8 Å². The standard InChI is InChI=1S/C23H29NO3SSi/c1-17(21-24-20(16-28-21)22(25)26-5)27-29(23(2,3)4,18-12-8-6-9-13-18)19-14-10-7-11-15-19/h6-15,17,20H,16H2,1-5H3/t17-,20-/m0/s1. The molecule has 2 aromatic carbocycles. The maximum atomic E-state index is 11.9. The summed E-state index contributed by atoms with van der Waals surface area (Å²) < 4.78 is 11.9.